The Morgan fingerprint density at radius 1 is 0.571 bits per heavy atom. The van der Waals surface area contributed by atoms with Gasteiger partial charge in [0.1, 0.15) is 0 Å². The average molecular weight is 240 g/mol. The van der Waals surface area contributed by atoms with Crippen LogP contribution < -0.4 is 0 Å². The molecule has 0 nitrogen and oxygen atoms in total. The van der Waals surface area contributed by atoms with E-state index in [9.17, 15) is 43.9 Å². The predicted octanol–water partition coefficient (Wildman–Crippen LogP) is 3.63. The zero-order valence-electron chi connectivity index (χ0n) is 5.99. The molecule has 0 spiro atoms. The molecule has 14 heavy (non-hydrogen) atoms. The van der Waals surface area contributed by atoms with Crippen LogP contribution in [0.2, 0.25) is 0 Å². The minimum absolute atomic E-state index is 2.23. The van der Waals surface area contributed by atoms with Crippen LogP contribution in [0.4, 0.5) is 43.9 Å². The van der Waals surface area contributed by atoms with Gasteiger partial charge in [0, 0.05) is 0 Å². The fraction of sp³-hybridized carbons (Fsp3) is 1.00. The largest absolute Gasteiger partial charge is 0.487 e. The molecule has 0 unspecified atom stereocenters. The quantitative estimate of drug-likeness (QED) is 0.567. The van der Waals surface area contributed by atoms with E-state index in [0.717, 1.165) is 0 Å². The van der Waals surface area contributed by atoms with Gasteiger partial charge in [-0.05, 0) is 0 Å². The second kappa shape index (κ2) is 4.69. The summed E-state index contributed by atoms with van der Waals surface area (Å²) < 4.78 is 104. The summed E-state index contributed by atoms with van der Waals surface area (Å²) in [6.45, 7) is -2.23. The van der Waals surface area contributed by atoms with Gasteiger partial charge < -0.3 is 0 Å². The first-order chi connectivity index (χ1) is 5.81. The van der Waals surface area contributed by atoms with E-state index in [1.54, 1.807) is 0 Å². The first-order valence-corrected chi connectivity index (χ1v) is 2.57. The molecular formula is C4H2F10. The molecule has 10 heteroatoms. The zero-order valence-corrected chi connectivity index (χ0v) is 5.99. The second-order valence-electron chi connectivity index (χ2n) is 1.74. The van der Waals surface area contributed by atoms with Gasteiger partial charge in [0.25, 0.3) is 0 Å². The van der Waals surface area contributed by atoms with E-state index < -0.39 is 25.2 Å². The summed E-state index contributed by atoms with van der Waals surface area (Å²) in [5.41, 5.74) is 0. The minimum atomic E-state index is -6.06. The number of halogens is 10. The Kier molecular flexibility index (Phi) is 5.28. The van der Waals surface area contributed by atoms with Crippen LogP contribution in [-0.4, -0.2) is 25.2 Å². The highest BCUT2D eigenvalue weighted by molar-refractivity contribution is 4.59. The Labute approximate surface area is 70.5 Å². The SMILES string of the molecule is FC(F)(F)C(F)(F)F.FCC(F)(F)F. The van der Waals surface area contributed by atoms with Crippen molar-refractivity contribution in [1.82, 2.24) is 0 Å². The molecule has 0 fully saturated rings. The summed E-state index contributed by atoms with van der Waals surface area (Å²) in [5, 5.41) is 0. The van der Waals surface area contributed by atoms with Gasteiger partial charge in [-0.2, -0.15) is 39.5 Å². The lowest BCUT2D eigenvalue weighted by Gasteiger charge is -2.08. The van der Waals surface area contributed by atoms with Gasteiger partial charge in [0.05, 0.1) is 0 Å². The molecule has 0 N–H and O–H groups in total. The molecule has 0 amide bonds. The van der Waals surface area contributed by atoms with Gasteiger partial charge in [-0.15, -0.1) is 0 Å². The Hall–Kier alpha value is -0.700. The molecule has 0 atom stereocenters. The molecule has 0 heterocycles. The van der Waals surface area contributed by atoms with Crippen molar-refractivity contribution < 1.29 is 43.9 Å². The molecule has 0 radical (unpaired) electrons. The normalized spacial score (nSPS) is 13.3. The van der Waals surface area contributed by atoms with Crippen LogP contribution in [0.25, 0.3) is 0 Å². The van der Waals surface area contributed by atoms with Crippen molar-refractivity contribution in [2.45, 2.75) is 18.5 Å². The summed E-state index contributed by atoms with van der Waals surface area (Å²) in [4.78, 5) is 0. The van der Waals surface area contributed by atoms with Crippen LogP contribution in [0, 0.1) is 0 Å². The maximum absolute atomic E-state index is 10.4. The smallest absolute Gasteiger partial charge is 0.241 e. The highest BCUT2D eigenvalue weighted by Crippen LogP contribution is 2.35. The van der Waals surface area contributed by atoms with Crippen molar-refractivity contribution in [3.63, 3.8) is 0 Å². The first-order valence-electron chi connectivity index (χ1n) is 2.57. The van der Waals surface area contributed by atoms with Crippen LogP contribution in [0.1, 0.15) is 0 Å². The molecule has 0 saturated heterocycles. The predicted molar refractivity (Wildman–Crippen MR) is 24.1 cm³/mol. The third-order valence-corrected chi connectivity index (χ3v) is 0.473. The van der Waals surface area contributed by atoms with Crippen LogP contribution in [0.5, 0.6) is 0 Å². The lowest BCUT2D eigenvalue weighted by atomic mass is 10.7. The summed E-state index contributed by atoms with van der Waals surface area (Å²) in [7, 11) is 0. The molecule has 88 valence electrons. The first kappa shape index (κ1) is 15.8. The van der Waals surface area contributed by atoms with E-state index in [1.807, 2.05) is 0 Å². The summed E-state index contributed by atoms with van der Waals surface area (Å²) in [5.74, 6) is 0. The maximum atomic E-state index is 10.4. The fourth-order valence-electron chi connectivity index (χ4n) is 0. The van der Waals surface area contributed by atoms with Gasteiger partial charge in [-0.1, -0.05) is 0 Å². The second-order valence-corrected chi connectivity index (χ2v) is 1.74. The van der Waals surface area contributed by atoms with Gasteiger partial charge in [0.15, 0.2) is 6.67 Å². The Morgan fingerprint density at radius 2 is 0.714 bits per heavy atom. The van der Waals surface area contributed by atoms with E-state index in [1.165, 1.54) is 0 Å². The van der Waals surface area contributed by atoms with Gasteiger partial charge in [-0.25, -0.2) is 4.39 Å². The number of alkyl halides is 10. The maximum Gasteiger partial charge on any atom is 0.487 e. The van der Waals surface area contributed by atoms with E-state index in [2.05, 4.69) is 0 Å². The lowest BCUT2D eigenvalue weighted by molar-refractivity contribution is -0.339. The number of hydrogen-bond acceptors (Lipinski definition) is 0. The number of rotatable bonds is 0. The molecule has 0 aliphatic heterocycles. The van der Waals surface area contributed by atoms with E-state index in [0.29, 0.717) is 0 Å². The van der Waals surface area contributed by atoms with Gasteiger partial charge >= 0.3 is 18.5 Å². The van der Waals surface area contributed by atoms with Crippen LogP contribution in [0.3, 0.4) is 0 Å². The molecule has 0 saturated carbocycles. The average Bonchev–Trinajstić information content (AvgIpc) is 1.82. The van der Waals surface area contributed by atoms with Gasteiger partial charge in [0.2, 0.25) is 0 Å². The molecule has 0 aliphatic rings. The molecular weight excluding hydrogens is 238 g/mol. The Bertz CT molecular complexity index is 133. The highest BCUT2D eigenvalue weighted by atomic mass is 19.5. The Morgan fingerprint density at radius 3 is 0.714 bits per heavy atom. The number of hydrogen-bond donors (Lipinski definition) is 0. The van der Waals surface area contributed by atoms with Crippen molar-refractivity contribution in [3.8, 4) is 0 Å². The summed E-state index contributed by atoms with van der Waals surface area (Å²) in [6.07, 6.45) is -16.8. The highest BCUT2D eigenvalue weighted by Gasteiger charge is 2.58. The van der Waals surface area contributed by atoms with E-state index in [-0.39, 0.29) is 0 Å². The van der Waals surface area contributed by atoms with Crippen molar-refractivity contribution in [3.05, 3.63) is 0 Å². The molecule has 0 aromatic heterocycles. The molecule has 0 aromatic carbocycles. The minimum Gasteiger partial charge on any atom is -0.241 e. The van der Waals surface area contributed by atoms with E-state index >= 15 is 0 Å². The van der Waals surface area contributed by atoms with Gasteiger partial charge in [-0.3, -0.25) is 0 Å². The molecule has 0 bridgehead atoms. The van der Waals surface area contributed by atoms with Crippen molar-refractivity contribution in [2.24, 2.45) is 0 Å². The monoisotopic (exact) mass is 240 g/mol. The van der Waals surface area contributed by atoms with Crippen LogP contribution in [-0.2, 0) is 0 Å². The zero-order chi connectivity index (χ0) is 12.2. The van der Waals surface area contributed by atoms with Crippen LogP contribution in [0.15, 0.2) is 0 Å². The van der Waals surface area contributed by atoms with Crippen molar-refractivity contribution in [1.29, 1.82) is 0 Å². The van der Waals surface area contributed by atoms with E-state index in [4.69, 9.17) is 0 Å². The Balaban J connectivity index is 0. The van der Waals surface area contributed by atoms with Crippen molar-refractivity contribution in [2.75, 3.05) is 6.67 Å². The summed E-state index contributed by atoms with van der Waals surface area (Å²) in [6, 6.07) is 0. The fourth-order valence-corrected chi connectivity index (χ4v) is 0. The third-order valence-electron chi connectivity index (χ3n) is 0.473. The summed E-state index contributed by atoms with van der Waals surface area (Å²) >= 11 is 0. The van der Waals surface area contributed by atoms with Crippen molar-refractivity contribution >= 4 is 0 Å². The standard InChI is InChI=1S/C2F6.C2H2F4/c3-1(4,5)2(6,7)8;3-1-2(4,5)6/h;1H2. The molecule has 0 aromatic rings. The topological polar surface area (TPSA) is 0 Å². The van der Waals surface area contributed by atoms with Crippen LogP contribution >= 0.6 is 0 Å². The lowest BCUT2D eigenvalue weighted by Crippen LogP contribution is -2.30. The molecule has 0 aliphatic carbocycles. The molecule has 0 rings (SSSR count). The third kappa shape index (κ3) is 9.39.